The van der Waals surface area contributed by atoms with Crippen molar-refractivity contribution in [2.75, 3.05) is 5.12 Å². The molecule has 1 unspecified atom stereocenters. The number of hydrogen-bond acceptors (Lipinski definition) is 5. The van der Waals surface area contributed by atoms with Crippen molar-refractivity contribution in [2.45, 2.75) is 37.8 Å². The summed E-state index contributed by atoms with van der Waals surface area (Å²) < 4.78 is 2.08. The fourth-order valence-electron chi connectivity index (χ4n) is 4.48. The largest absolute Gasteiger partial charge is 0.311 e. The number of hydrazine groups is 2. The van der Waals surface area contributed by atoms with Gasteiger partial charge in [0.15, 0.2) is 5.72 Å². The van der Waals surface area contributed by atoms with Gasteiger partial charge in [0, 0.05) is 13.0 Å². The van der Waals surface area contributed by atoms with Crippen LogP contribution in [-0.4, -0.2) is 15.3 Å². The Hall–Kier alpha value is -1.63. The van der Waals surface area contributed by atoms with Gasteiger partial charge in [0.25, 0.3) is 0 Å². The summed E-state index contributed by atoms with van der Waals surface area (Å²) in [7, 11) is 2.03. The summed E-state index contributed by atoms with van der Waals surface area (Å²) in [6.07, 6.45) is 6.31. The highest BCUT2D eigenvalue weighted by Gasteiger charge is 2.53. The van der Waals surface area contributed by atoms with E-state index < -0.39 is 0 Å². The van der Waals surface area contributed by atoms with E-state index in [2.05, 4.69) is 21.6 Å². The van der Waals surface area contributed by atoms with Crippen molar-refractivity contribution in [3.63, 3.8) is 0 Å². The highest BCUT2D eigenvalue weighted by atomic mass is 16.7. The van der Waals surface area contributed by atoms with Crippen LogP contribution in [0, 0.1) is 11.8 Å². The molecule has 6 nitrogen and oxygen atoms in total. The number of nitrogens with one attached hydrogen (secondary N) is 2. The molecule has 3 saturated carbocycles. The quantitative estimate of drug-likeness (QED) is 0.846. The van der Waals surface area contributed by atoms with Crippen LogP contribution in [0.5, 0.6) is 0 Å². The van der Waals surface area contributed by atoms with Crippen molar-refractivity contribution in [1.29, 1.82) is 0 Å². The molecule has 22 heavy (non-hydrogen) atoms. The molecular formula is C16H21N5O. The summed E-state index contributed by atoms with van der Waals surface area (Å²) in [5.74, 6) is 2.21. The first-order valence-electron chi connectivity index (χ1n) is 8.18. The van der Waals surface area contributed by atoms with E-state index in [1.54, 1.807) is 0 Å². The number of anilines is 1. The maximum Gasteiger partial charge on any atom is 0.238 e. The van der Waals surface area contributed by atoms with E-state index in [1.165, 1.54) is 25.7 Å². The van der Waals surface area contributed by atoms with E-state index >= 15 is 0 Å². The lowest BCUT2D eigenvalue weighted by Crippen LogP contribution is -2.57. The molecule has 0 radical (unpaired) electrons. The summed E-state index contributed by atoms with van der Waals surface area (Å²) >= 11 is 0. The van der Waals surface area contributed by atoms with Gasteiger partial charge in [0.05, 0.1) is 11.0 Å². The minimum atomic E-state index is -0.251. The lowest BCUT2D eigenvalue weighted by atomic mass is 9.66. The first-order chi connectivity index (χ1) is 10.8. The summed E-state index contributed by atoms with van der Waals surface area (Å²) in [5, 5.41) is 1.85. The Morgan fingerprint density at radius 1 is 1.23 bits per heavy atom. The molecule has 1 aromatic carbocycles. The molecular weight excluding hydrogens is 278 g/mol. The molecule has 1 aliphatic heterocycles. The van der Waals surface area contributed by atoms with Crippen molar-refractivity contribution in [3.8, 4) is 0 Å². The van der Waals surface area contributed by atoms with Crippen LogP contribution in [0.4, 0.5) is 5.95 Å². The van der Waals surface area contributed by atoms with Crippen LogP contribution in [-0.2, 0) is 11.9 Å². The zero-order chi connectivity index (χ0) is 14.7. The molecule has 6 rings (SSSR count). The molecule has 6 heteroatoms. The maximum absolute atomic E-state index is 6.04. The van der Waals surface area contributed by atoms with Gasteiger partial charge >= 0.3 is 0 Å². The molecule has 2 aromatic rings. The zero-order valence-corrected chi connectivity index (χ0v) is 12.7. The van der Waals surface area contributed by atoms with Crippen molar-refractivity contribution in [2.24, 2.45) is 18.9 Å². The first kappa shape index (κ1) is 12.9. The minimum Gasteiger partial charge on any atom is -0.311 e. The third-order valence-electron chi connectivity index (χ3n) is 5.68. The Bertz CT molecular complexity index is 720. The monoisotopic (exact) mass is 299 g/mol. The van der Waals surface area contributed by atoms with E-state index in [9.17, 15) is 0 Å². The number of para-hydroxylation sites is 2. The molecule has 1 atom stereocenters. The van der Waals surface area contributed by atoms with Crippen LogP contribution in [0.2, 0.25) is 0 Å². The third-order valence-corrected chi connectivity index (χ3v) is 5.68. The predicted molar refractivity (Wildman–Crippen MR) is 83.3 cm³/mol. The lowest BCUT2D eigenvalue weighted by molar-refractivity contribution is -0.153. The zero-order valence-electron chi connectivity index (χ0n) is 12.7. The van der Waals surface area contributed by atoms with E-state index in [1.807, 2.05) is 30.4 Å². The molecule has 2 heterocycles. The molecule has 2 N–H and O–H groups in total. The van der Waals surface area contributed by atoms with Crippen LogP contribution in [0.3, 0.4) is 0 Å². The van der Waals surface area contributed by atoms with Crippen LogP contribution in [0.15, 0.2) is 24.3 Å². The third kappa shape index (κ3) is 1.68. The topological polar surface area (TPSA) is 54.4 Å². The average Bonchev–Trinajstić information content (AvgIpc) is 3.11. The van der Waals surface area contributed by atoms with Crippen molar-refractivity contribution in [1.82, 2.24) is 20.6 Å². The smallest absolute Gasteiger partial charge is 0.238 e. The number of aryl methyl sites for hydroxylation is 1. The van der Waals surface area contributed by atoms with Gasteiger partial charge in [0.1, 0.15) is 0 Å². The van der Waals surface area contributed by atoms with E-state index in [-0.39, 0.29) is 5.72 Å². The number of rotatable bonds is 1. The van der Waals surface area contributed by atoms with Crippen LogP contribution < -0.4 is 16.1 Å². The summed E-state index contributed by atoms with van der Waals surface area (Å²) in [5.41, 5.74) is 8.49. The molecule has 2 bridgehead atoms. The van der Waals surface area contributed by atoms with Gasteiger partial charge in [-0.05, 0) is 50.2 Å². The summed E-state index contributed by atoms with van der Waals surface area (Å²) in [4.78, 5) is 10.8. The number of fused-ring (bicyclic) bond motifs is 3. The molecule has 0 amide bonds. The highest BCUT2D eigenvalue weighted by Crippen LogP contribution is 2.49. The molecule has 116 valence electrons. The van der Waals surface area contributed by atoms with Crippen molar-refractivity contribution >= 4 is 17.0 Å². The predicted octanol–water partition coefficient (Wildman–Crippen LogP) is 2.24. The van der Waals surface area contributed by atoms with Gasteiger partial charge in [-0.25, -0.2) is 4.98 Å². The molecule has 3 aliphatic carbocycles. The minimum absolute atomic E-state index is 0.251. The Labute approximate surface area is 129 Å². The molecule has 4 fully saturated rings. The van der Waals surface area contributed by atoms with Gasteiger partial charge < -0.3 is 4.57 Å². The number of imidazole rings is 1. The first-order valence-corrected chi connectivity index (χ1v) is 8.18. The van der Waals surface area contributed by atoms with Crippen LogP contribution in [0.25, 0.3) is 11.0 Å². The standard InChI is InChI=1S/C16H21N5O/c1-20-14-5-3-2-4-13(14)17-15(20)21-18-16(22-19-21)10-11-6-8-12(16)9-7-11/h2-5,11-12,18-19H,6-10H2,1H3. The second kappa shape index (κ2) is 4.44. The van der Waals surface area contributed by atoms with Gasteiger partial charge in [0.2, 0.25) is 5.95 Å². The average molecular weight is 299 g/mol. The number of hydrogen-bond donors (Lipinski definition) is 2. The van der Waals surface area contributed by atoms with Gasteiger partial charge in [-0.15, -0.1) is 0 Å². The van der Waals surface area contributed by atoms with Gasteiger partial charge in [-0.2, -0.15) is 10.5 Å². The second-order valence-corrected chi connectivity index (χ2v) is 6.91. The maximum atomic E-state index is 6.04. The Balaban J connectivity index is 1.48. The normalized spacial score (nSPS) is 34.1. The van der Waals surface area contributed by atoms with Crippen molar-refractivity contribution in [3.05, 3.63) is 24.3 Å². The summed E-state index contributed by atoms with van der Waals surface area (Å²) in [6.45, 7) is 0. The summed E-state index contributed by atoms with van der Waals surface area (Å²) in [6, 6.07) is 8.17. The number of benzene rings is 1. The van der Waals surface area contributed by atoms with E-state index in [0.29, 0.717) is 5.92 Å². The van der Waals surface area contributed by atoms with Gasteiger partial charge in [-0.3, -0.25) is 4.84 Å². The number of nitrogens with zero attached hydrogens (tertiary/aromatic N) is 3. The Kier molecular flexibility index (Phi) is 2.60. The Morgan fingerprint density at radius 2 is 2.05 bits per heavy atom. The molecule has 1 saturated heterocycles. The van der Waals surface area contributed by atoms with Crippen molar-refractivity contribution < 1.29 is 4.84 Å². The SMILES string of the molecule is Cn1c(N2NOC3(CC4CCC3CC4)N2)nc2ccccc21. The van der Waals surface area contributed by atoms with Gasteiger partial charge in [-0.1, -0.05) is 17.7 Å². The molecule has 1 spiro atoms. The van der Waals surface area contributed by atoms with Crippen LogP contribution >= 0.6 is 0 Å². The fourth-order valence-corrected chi connectivity index (χ4v) is 4.48. The molecule has 1 aromatic heterocycles. The molecule has 4 aliphatic rings. The van der Waals surface area contributed by atoms with E-state index in [4.69, 9.17) is 9.82 Å². The van der Waals surface area contributed by atoms with Crippen LogP contribution in [0.1, 0.15) is 32.1 Å². The van der Waals surface area contributed by atoms with E-state index in [0.717, 1.165) is 29.3 Å². The Morgan fingerprint density at radius 3 is 2.77 bits per heavy atom. The number of aromatic nitrogens is 2. The highest BCUT2D eigenvalue weighted by molar-refractivity contribution is 5.78. The second-order valence-electron chi connectivity index (χ2n) is 6.91. The lowest BCUT2D eigenvalue weighted by Gasteiger charge is -2.47. The fraction of sp³-hybridized carbons (Fsp3) is 0.562.